The Labute approximate surface area is 199 Å². The smallest absolute Gasteiger partial charge is 0.274 e. The zero-order chi connectivity index (χ0) is 23.1. The van der Waals surface area contributed by atoms with Crippen molar-refractivity contribution < 1.29 is 9.47 Å². The molecule has 6 heteroatoms. The van der Waals surface area contributed by atoms with Crippen molar-refractivity contribution in [2.75, 3.05) is 7.11 Å². The van der Waals surface area contributed by atoms with Crippen LogP contribution in [0.4, 0.5) is 0 Å². The summed E-state index contributed by atoms with van der Waals surface area (Å²) in [4.78, 5) is 18.5. The molecule has 0 saturated carbocycles. The largest absolute Gasteiger partial charge is 0.493 e. The summed E-state index contributed by atoms with van der Waals surface area (Å²) in [5.74, 6) is 1.22. The maximum Gasteiger partial charge on any atom is 0.274 e. The van der Waals surface area contributed by atoms with Crippen LogP contribution in [0.3, 0.4) is 0 Å². The first-order chi connectivity index (χ1) is 16.7. The third-order valence-corrected chi connectivity index (χ3v) is 6.88. The van der Waals surface area contributed by atoms with Crippen LogP contribution in [-0.4, -0.2) is 16.5 Å². The first kappa shape index (κ1) is 20.4. The third-order valence-electron chi connectivity index (χ3n) is 5.91. The molecule has 6 aromatic rings. The van der Waals surface area contributed by atoms with Gasteiger partial charge < -0.3 is 9.47 Å². The van der Waals surface area contributed by atoms with Crippen molar-refractivity contribution in [2.24, 2.45) is 0 Å². The van der Waals surface area contributed by atoms with Gasteiger partial charge in [0.1, 0.15) is 6.61 Å². The van der Waals surface area contributed by atoms with E-state index >= 15 is 0 Å². The summed E-state index contributed by atoms with van der Waals surface area (Å²) in [6.45, 7) is 0.380. The third kappa shape index (κ3) is 3.40. The zero-order valence-electron chi connectivity index (χ0n) is 18.4. The Morgan fingerprint density at radius 3 is 2.65 bits per heavy atom. The molecular formula is C28H20N2O3S. The fourth-order valence-electron chi connectivity index (χ4n) is 4.28. The molecule has 0 bridgehead atoms. The molecule has 166 valence electrons. The molecule has 0 saturated heterocycles. The second-order valence-corrected chi connectivity index (χ2v) is 8.95. The summed E-state index contributed by atoms with van der Waals surface area (Å²) in [5.41, 5.74) is 3.41. The number of benzene rings is 4. The van der Waals surface area contributed by atoms with Crippen LogP contribution >= 0.6 is 11.3 Å². The van der Waals surface area contributed by atoms with Crippen LogP contribution in [0.25, 0.3) is 32.8 Å². The summed E-state index contributed by atoms with van der Waals surface area (Å²) >= 11 is 1.37. The molecule has 6 rings (SSSR count). The van der Waals surface area contributed by atoms with E-state index in [2.05, 4.69) is 29.2 Å². The monoisotopic (exact) mass is 464 g/mol. The van der Waals surface area contributed by atoms with Gasteiger partial charge in [0.15, 0.2) is 16.5 Å². The lowest BCUT2D eigenvalue weighted by Gasteiger charge is -2.14. The summed E-state index contributed by atoms with van der Waals surface area (Å²) in [6, 6.07) is 27.8. The number of aromatic nitrogens is 2. The quantitative estimate of drug-likeness (QED) is 0.352. The predicted octanol–water partition coefficient (Wildman–Crippen LogP) is 5.20. The van der Waals surface area contributed by atoms with Crippen molar-refractivity contribution in [3.63, 3.8) is 0 Å². The highest BCUT2D eigenvalue weighted by atomic mass is 32.1. The highest BCUT2D eigenvalue weighted by Crippen LogP contribution is 2.33. The van der Waals surface area contributed by atoms with Crippen molar-refractivity contribution in [3.8, 4) is 11.5 Å². The van der Waals surface area contributed by atoms with Gasteiger partial charge in [0.2, 0.25) is 0 Å². The van der Waals surface area contributed by atoms with Gasteiger partial charge in [-0.3, -0.25) is 4.79 Å². The van der Waals surface area contributed by atoms with E-state index < -0.39 is 0 Å². The topological polar surface area (TPSA) is 52.8 Å². The van der Waals surface area contributed by atoms with E-state index in [-0.39, 0.29) is 5.56 Å². The molecule has 0 amide bonds. The molecule has 0 aliphatic heterocycles. The number of rotatable bonds is 5. The van der Waals surface area contributed by atoms with E-state index in [1.807, 2.05) is 66.7 Å². The van der Waals surface area contributed by atoms with Gasteiger partial charge in [0, 0.05) is 5.56 Å². The van der Waals surface area contributed by atoms with Crippen molar-refractivity contribution in [1.82, 2.24) is 9.38 Å². The Kier molecular flexibility index (Phi) is 5.00. The number of methoxy groups -OCH3 is 1. The van der Waals surface area contributed by atoms with Crippen LogP contribution in [0.15, 0.2) is 89.7 Å². The Balaban J connectivity index is 1.44. The number of ether oxygens (including phenoxy) is 2. The molecule has 4 aromatic carbocycles. The lowest BCUT2D eigenvalue weighted by molar-refractivity contribution is 0.285. The van der Waals surface area contributed by atoms with Gasteiger partial charge in [-0.25, -0.2) is 9.38 Å². The predicted molar refractivity (Wildman–Crippen MR) is 137 cm³/mol. The summed E-state index contributed by atoms with van der Waals surface area (Å²) < 4.78 is 14.2. The highest BCUT2D eigenvalue weighted by Gasteiger charge is 2.14. The first-order valence-electron chi connectivity index (χ1n) is 10.9. The maximum absolute atomic E-state index is 13.2. The fourth-order valence-corrected chi connectivity index (χ4v) is 5.26. The Hall–Kier alpha value is -4.16. The van der Waals surface area contributed by atoms with Gasteiger partial charge in [-0.1, -0.05) is 78.1 Å². The van der Waals surface area contributed by atoms with Crippen molar-refractivity contribution in [2.45, 2.75) is 6.61 Å². The number of imidazole rings is 1. The molecule has 34 heavy (non-hydrogen) atoms. The van der Waals surface area contributed by atoms with Crippen LogP contribution in [0, 0.1) is 0 Å². The minimum absolute atomic E-state index is 0.0866. The van der Waals surface area contributed by atoms with Crippen molar-refractivity contribution in [3.05, 3.63) is 111 Å². The maximum atomic E-state index is 13.2. The number of nitrogens with zero attached hydrogens (tertiary/aromatic N) is 2. The van der Waals surface area contributed by atoms with E-state index in [0.29, 0.717) is 27.6 Å². The number of fused-ring (bicyclic) bond motifs is 4. The molecule has 5 nitrogen and oxygen atoms in total. The van der Waals surface area contributed by atoms with Gasteiger partial charge in [0.25, 0.3) is 5.56 Å². The number of hydrogen-bond donors (Lipinski definition) is 0. The van der Waals surface area contributed by atoms with Gasteiger partial charge in [-0.05, 0) is 40.6 Å². The van der Waals surface area contributed by atoms with Crippen LogP contribution in [-0.2, 0) is 6.61 Å². The van der Waals surface area contributed by atoms with Crippen LogP contribution in [0.5, 0.6) is 11.5 Å². The van der Waals surface area contributed by atoms with E-state index in [1.165, 1.54) is 16.7 Å². The minimum atomic E-state index is -0.0866. The zero-order valence-corrected chi connectivity index (χ0v) is 19.2. The van der Waals surface area contributed by atoms with E-state index in [1.54, 1.807) is 11.5 Å². The molecule has 0 aliphatic carbocycles. The summed E-state index contributed by atoms with van der Waals surface area (Å²) in [5, 5.41) is 2.32. The molecule has 2 aromatic heterocycles. The molecular weight excluding hydrogens is 444 g/mol. The van der Waals surface area contributed by atoms with Crippen molar-refractivity contribution >= 4 is 44.2 Å². The second kappa shape index (κ2) is 8.32. The van der Waals surface area contributed by atoms with Crippen LogP contribution in [0.1, 0.15) is 11.1 Å². The molecule has 0 radical (unpaired) electrons. The van der Waals surface area contributed by atoms with E-state index in [0.717, 1.165) is 27.5 Å². The van der Waals surface area contributed by atoms with Gasteiger partial charge >= 0.3 is 0 Å². The highest BCUT2D eigenvalue weighted by molar-refractivity contribution is 7.15. The second-order valence-electron chi connectivity index (χ2n) is 7.94. The first-order valence-corrected chi connectivity index (χ1v) is 11.7. The van der Waals surface area contributed by atoms with Gasteiger partial charge in [-0.2, -0.15) is 0 Å². The molecule has 0 spiro atoms. The average molecular weight is 465 g/mol. The molecule has 0 atom stereocenters. The molecule has 0 aliphatic rings. The number of thiazole rings is 1. The molecule has 0 N–H and O–H groups in total. The normalized spacial score (nSPS) is 12.1. The van der Waals surface area contributed by atoms with Gasteiger partial charge in [0.05, 0.1) is 22.7 Å². The Morgan fingerprint density at radius 2 is 1.74 bits per heavy atom. The average Bonchev–Trinajstić information content (AvgIpc) is 3.39. The number of hydrogen-bond acceptors (Lipinski definition) is 5. The minimum Gasteiger partial charge on any atom is -0.493 e. The van der Waals surface area contributed by atoms with Crippen molar-refractivity contribution in [1.29, 1.82) is 0 Å². The van der Waals surface area contributed by atoms with E-state index in [4.69, 9.17) is 9.47 Å². The molecule has 2 heterocycles. The Morgan fingerprint density at radius 1 is 0.941 bits per heavy atom. The van der Waals surface area contributed by atoms with Crippen LogP contribution < -0.4 is 19.6 Å². The SMILES string of the molecule is COc1cccc(/C=c2\sc3nc4ccccc4n3c2=O)c1OCc1cccc2ccccc12. The molecule has 0 unspecified atom stereocenters. The molecule has 0 fully saturated rings. The number of para-hydroxylation sites is 3. The summed E-state index contributed by atoms with van der Waals surface area (Å²) in [6.07, 6.45) is 1.86. The van der Waals surface area contributed by atoms with Crippen LogP contribution in [0.2, 0.25) is 0 Å². The van der Waals surface area contributed by atoms with E-state index in [9.17, 15) is 4.79 Å². The standard InChI is InChI=1S/C28H20N2O3S/c1-32-24-15-7-10-19(26(24)33-17-20-11-6-9-18-8-2-3-12-21(18)20)16-25-27(31)30-23-14-5-4-13-22(23)29-28(30)34-25/h2-16H,17H2,1H3/b25-16-. The summed E-state index contributed by atoms with van der Waals surface area (Å²) in [7, 11) is 1.62. The lowest BCUT2D eigenvalue weighted by Crippen LogP contribution is -2.22. The Bertz CT molecular complexity index is 1780. The fraction of sp³-hybridized carbons (Fsp3) is 0.0714. The van der Waals surface area contributed by atoms with Gasteiger partial charge in [-0.15, -0.1) is 0 Å². The lowest BCUT2D eigenvalue weighted by atomic mass is 10.1.